The summed E-state index contributed by atoms with van der Waals surface area (Å²) in [5.74, 6) is 0.898. The minimum absolute atomic E-state index is 0.208. The van der Waals surface area contributed by atoms with Gasteiger partial charge in [0.1, 0.15) is 11.4 Å². The van der Waals surface area contributed by atoms with E-state index >= 15 is 0 Å². The molecule has 1 aromatic heterocycles. The summed E-state index contributed by atoms with van der Waals surface area (Å²) in [5, 5.41) is 7.30. The van der Waals surface area contributed by atoms with Gasteiger partial charge in [-0.3, -0.25) is 5.32 Å². The Morgan fingerprint density at radius 2 is 1.93 bits per heavy atom. The van der Waals surface area contributed by atoms with Crippen LogP contribution in [0.5, 0.6) is 0 Å². The van der Waals surface area contributed by atoms with E-state index in [1.807, 2.05) is 42.5 Å². The molecule has 0 bridgehead atoms. The van der Waals surface area contributed by atoms with Crippen molar-refractivity contribution in [1.29, 1.82) is 0 Å². The lowest BCUT2D eigenvalue weighted by Crippen LogP contribution is -2.16. The maximum atomic E-state index is 12.2. The second-order valence-corrected chi connectivity index (χ2v) is 6.58. The molecule has 2 aromatic carbocycles. The third kappa shape index (κ3) is 4.81. The van der Waals surface area contributed by atoms with Gasteiger partial charge in [-0.2, -0.15) is 0 Å². The van der Waals surface area contributed by atoms with Gasteiger partial charge in [-0.05, 0) is 24.1 Å². The van der Waals surface area contributed by atoms with Gasteiger partial charge in [-0.1, -0.05) is 59.2 Å². The van der Waals surface area contributed by atoms with Crippen molar-refractivity contribution in [1.82, 2.24) is 5.16 Å². The maximum absolute atomic E-state index is 12.2. The molecule has 0 fully saturated rings. The van der Waals surface area contributed by atoms with Gasteiger partial charge in [0.05, 0.1) is 6.61 Å². The summed E-state index contributed by atoms with van der Waals surface area (Å²) in [6, 6.07) is 15.0. The third-order valence-corrected chi connectivity index (χ3v) is 4.70. The Morgan fingerprint density at radius 1 is 1.19 bits per heavy atom. The number of hydrogen-bond donors (Lipinski definition) is 1. The summed E-state index contributed by atoms with van der Waals surface area (Å²) in [5.41, 5.74) is 3.75. The number of ether oxygens (including phenoxy) is 1. The second-order valence-electron chi connectivity index (χ2n) is 5.90. The fourth-order valence-electron chi connectivity index (χ4n) is 2.55. The van der Waals surface area contributed by atoms with Crippen molar-refractivity contribution >= 4 is 35.0 Å². The van der Waals surface area contributed by atoms with E-state index in [4.69, 9.17) is 32.5 Å². The average Bonchev–Trinajstić information content (AvgIpc) is 3.04. The minimum atomic E-state index is -0.577. The first kappa shape index (κ1) is 19.3. The van der Waals surface area contributed by atoms with Crippen LogP contribution >= 0.6 is 23.2 Å². The number of amides is 1. The van der Waals surface area contributed by atoms with Crippen molar-refractivity contribution in [2.75, 3.05) is 11.9 Å². The van der Waals surface area contributed by atoms with E-state index in [2.05, 4.69) is 10.5 Å². The topological polar surface area (TPSA) is 64.4 Å². The molecule has 0 unspecified atom stereocenters. The van der Waals surface area contributed by atoms with Gasteiger partial charge in [0.2, 0.25) is 0 Å². The number of alkyl halides is 1. The van der Waals surface area contributed by atoms with Crippen LogP contribution in [0.2, 0.25) is 5.02 Å². The highest BCUT2D eigenvalue weighted by molar-refractivity contribution is 6.31. The lowest BCUT2D eigenvalue weighted by atomic mass is 10.1. The van der Waals surface area contributed by atoms with E-state index in [9.17, 15) is 4.79 Å². The van der Waals surface area contributed by atoms with E-state index in [-0.39, 0.29) is 6.61 Å². The molecule has 0 saturated carbocycles. The molecule has 140 valence electrons. The molecule has 3 rings (SSSR count). The Morgan fingerprint density at radius 3 is 2.63 bits per heavy atom. The largest absolute Gasteiger partial charge is 0.449 e. The van der Waals surface area contributed by atoms with Gasteiger partial charge in [0.15, 0.2) is 5.76 Å². The van der Waals surface area contributed by atoms with Gasteiger partial charge < -0.3 is 9.26 Å². The number of aryl methyl sites for hydroxylation is 1. The van der Waals surface area contributed by atoms with E-state index in [0.29, 0.717) is 34.5 Å². The number of carbonyl (C=O) groups excluding carboxylic acids is 1. The Balaban J connectivity index is 1.64. The zero-order valence-corrected chi connectivity index (χ0v) is 16.2. The van der Waals surface area contributed by atoms with E-state index in [1.165, 1.54) is 0 Å². The van der Waals surface area contributed by atoms with Gasteiger partial charge in [-0.15, -0.1) is 11.6 Å². The molecule has 3 aromatic rings. The quantitative estimate of drug-likeness (QED) is 0.524. The van der Waals surface area contributed by atoms with E-state index in [1.54, 1.807) is 13.0 Å². The van der Waals surface area contributed by atoms with Crippen LogP contribution in [-0.4, -0.2) is 17.9 Å². The molecular weight excluding hydrogens is 387 g/mol. The minimum Gasteiger partial charge on any atom is -0.449 e. The zero-order valence-electron chi connectivity index (χ0n) is 14.7. The van der Waals surface area contributed by atoms with Crippen LogP contribution in [0.4, 0.5) is 10.5 Å². The van der Waals surface area contributed by atoms with E-state index < -0.39 is 6.09 Å². The monoisotopic (exact) mass is 404 g/mol. The van der Waals surface area contributed by atoms with Gasteiger partial charge >= 0.3 is 6.09 Å². The first-order chi connectivity index (χ1) is 13.1. The Labute approximate surface area is 167 Å². The van der Waals surface area contributed by atoms with Crippen LogP contribution < -0.4 is 5.32 Å². The van der Waals surface area contributed by atoms with Crippen LogP contribution in [-0.2, 0) is 17.0 Å². The number of nitrogens with one attached hydrogen (secondary N) is 1. The number of anilines is 1. The highest BCUT2D eigenvalue weighted by Gasteiger charge is 2.18. The first-order valence-corrected chi connectivity index (χ1v) is 9.28. The number of benzene rings is 2. The summed E-state index contributed by atoms with van der Waals surface area (Å²) < 4.78 is 10.6. The summed E-state index contributed by atoms with van der Waals surface area (Å²) in [6.45, 7) is 1.96. The molecule has 7 heteroatoms. The van der Waals surface area contributed by atoms with Crippen molar-refractivity contribution in [2.45, 2.75) is 19.2 Å². The molecule has 1 N–H and O–H groups in total. The molecule has 27 heavy (non-hydrogen) atoms. The molecule has 0 spiro atoms. The fraction of sp³-hybridized carbons (Fsp3) is 0.200. The molecule has 1 amide bonds. The van der Waals surface area contributed by atoms with Crippen LogP contribution in [0.3, 0.4) is 0 Å². The Bertz CT molecular complexity index is 923. The predicted molar refractivity (Wildman–Crippen MR) is 106 cm³/mol. The third-order valence-electron chi connectivity index (χ3n) is 4.02. The summed E-state index contributed by atoms with van der Waals surface area (Å²) in [4.78, 5) is 12.2. The van der Waals surface area contributed by atoms with Crippen molar-refractivity contribution in [3.05, 3.63) is 70.4 Å². The highest BCUT2D eigenvalue weighted by atomic mass is 35.5. The summed E-state index contributed by atoms with van der Waals surface area (Å²) >= 11 is 11.9. The van der Waals surface area contributed by atoms with E-state index in [0.717, 1.165) is 16.7 Å². The number of hydrogen-bond acceptors (Lipinski definition) is 4. The van der Waals surface area contributed by atoms with Crippen LogP contribution in [0, 0.1) is 6.92 Å². The first-order valence-electron chi connectivity index (χ1n) is 8.37. The lowest BCUT2D eigenvalue weighted by molar-refractivity contribution is 0.163. The second kappa shape index (κ2) is 8.93. The number of halogens is 2. The SMILES string of the molecule is Cc1noc(-c2ccc(CCl)cc2)c1NC(=O)OCCc1ccccc1Cl. The highest BCUT2D eigenvalue weighted by Crippen LogP contribution is 2.31. The molecule has 0 radical (unpaired) electrons. The van der Waals surface area contributed by atoms with Crippen molar-refractivity contribution < 1.29 is 14.1 Å². The smallest absolute Gasteiger partial charge is 0.411 e. The predicted octanol–water partition coefficient (Wildman–Crippen LogP) is 5.83. The van der Waals surface area contributed by atoms with Crippen molar-refractivity contribution in [3.8, 4) is 11.3 Å². The molecule has 1 heterocycles. The molecule has 0 aliphatic rings. The lowest BCUT2D eigenvalue weighted by Gasteiger charge is -2.08. The van der Waals surface area contributed by atoms with Crippen LogP contribution in [0.1, 0.15) is 16.8 Å². The summed E-state index contributed by atoms with van der Waals surface area (Å²) in [6.07, 6.45) is -0.0467. The number of aromatic nitrogens is 1. The Kier molecular flexibility index (Phi) is 6.37. The zero-order chi connectivity index (χ0) is 19.2. The Hall–Kier alpha value is -2.50. The average molecular weight is 405 g/mol. The maximum Gasteiger partial charge on any atom is 0.411 e. The van der Waals surface area contributed by atoms with Crippen LogP contribution in [0.25, 0.3) is 11.3 Å². The van der Waals surface area contributed by atoms with Gasteiger partial charge in [0.25, 0.3) is 0 Å². The number of rotatable bonds is 6. The van der Waals surface area contributed by atoms with Gasteiger partial charge in [-0.25, -0.2) is 4.79 Å². The fourth-order valence-corrected chi connectivity index (χ4v) is 2.96. The van der Waals surface area contributed by atoms with Gasteiger partial charge in [0, 0.05) is 22.9 Å². The van der Waals surface area contributed by atoms with Crippen molar-refractivity contribution in [2.24, 2.45) is 0 Å². The summed E-state index contributed by atoms with van der Waals surface area (Å²) in [7, 11) is 0. The normalized spacial score (nSPS) is 10.6. The number of carbonyl (C=O) groups is 1. The molecule has 0 atom stereocenters. The molecule has 0 saturated heterocycles. The number of nitrogens with zero attached hydrogens (tertiary/aromatic N) is 1. The van der Waals surface area contributed by atoms with Crippen LogP contribution in [0.15, 0.2) is 53.1 Å². The molecule has 0 aliphatic heterocycles. The van der Waals surface area contributed by atoms with Crippen molar-refractivity contribution in [3.63, 3.8) is 0 Å². The molecular formula is C20H18Cl2N2O3. The standard InChI is InChI=1S/C20H18Cl2N2O3/c1-13-18(19(27-24-13)16-8-6-14(12-21)7-9-16)23-20(25)26-11-10-15-4-2-3-5-17(15)22/h2-9H,10-12H2,1H3,(H,23,25). The molecule has 5 nitrogen and oxygen atoms in total. The molecule has 0 aliphatic carbocycles.